The van der Waals surface area contributed by atoms with E-state index < -0.39 is 12.8 Å². The van der Waals surface area contributed by atoms with Crippen LogP contribution in [-0.4, -0.2) is 5.16 Å². The molecule has 0 atom stereocenters. The summed E-state index contributed by atoms with van der Waals surface area (Å²) in [4.78, 5) is 0. The molecule has 3 nitrogen and oxygen atoms in total. The van der Waals surface area contributed by atoms with Crippen molar-refractivity contribution in [2.45, 2.75) is 25.9 Å². The first-order valence-electron chi connectivity index (χ1n) is 6.70. The Morgan fingerprint density at radius 3 is 1.36 bits per heavy atom. The second-order valence-corrected chi connectivity index (χ2v) is 9.33. The second-order valence-electron chi connectivity index (χ2n) is 5.76. The third-order valence-corrected chi connectivity index (χ3v) is 5.95. The molecule has 118 valence electrons. The van der Waals surface area contributed by atoms with Crippen LogP contribution < -0.4 is 9.05 Å². The Hall–Kier alpha value is -1.15. The van der Waals surface area contributed by atoms with Crippen LogP contribution in [0.4, 0.5) is 0 Å². The second kappa shape index (κ2) is 6.54. The van der Waals surface area contributed by atoms with Gasteiger partial charge in [-0.15, -0.1) is 0 Å². The number of benzene rings is 2. The van der Waals surface area contributed by atoms with Gasteiger partial charge in [-0.2, -0.15) is 0 Å². The van der Waals surface area contributed by atoms with Gasteiger partial charge in [0, 0.05) is 10.0 Å². The van der Waals surface area contributed by atoms with Gasteiger partial charge in [0.1, 0.15) is 11.5 Å². The summed E-state index contributed by atoms with van der Waals surface area (Å²) < 4.78 is 24.6. The molecular weight excluding hydrogens is 342 g/mol. The highest BCUT2D eigenvalue weighted by Gasteiger charge is 2.43. The van der Waals surface area contributed by atoms with Gasteiger partial charge in [0.25, 0.3) is 0 Å². The molecule has 0 saturated heterocycles. The van der Waals surface area contributed by atoms with Gasteiger partial charge >= 0.3 is 7.60 Å². The van der Waals surface area contributed by atoms with Crippen molar-refractivity contribution < 1.29 is 13.6 Å². The normalized spacial score (nSPS) is 12.0. The lowest BCUT2D eigenvalue weighted by Crippen LogP contribution is -2.22. The summed E-state index contributed by atoms with van der Waals surface area (Å²) in [5.41, 5.74) is 0. The van der Waals surface area contributed by atoms with Crippen molar-refractivity contribution >= 4 is 30.8 Å². The molecule has 0 aromatic heterocycles. The fourth-order valence-corrected chi connectivity index (χ4v) is 3.20. The van der Waals surface area contributed by atoms with E-state index in [1.54, 1.807) is 69.3 Å². The Morgan fingerprint density at radius 1 is 0.773 bits per heavy atom. The first-order valence-corrected chi connectivity index (χ1v) is 9.00. The molecule has 2 aromatic rings. The van der Waals surface area contributed by atoms with E-state index in [0.717, 1.165) is 0 Å². The first kappa shape index (κ1) is 17.2. The van der Waals surface area contributed by atoms with Crippen molar-refractivity contribution in [3.63, 3.8) is 0 Å². The Balaban J connectivity index is 2.30. The summed E-state index contributed by atoms with van der Waals surface area (Å²) in [6.45, 7) is 5.42. The van der Waals surface area contributed by atoms with Crippen LogP contribution in [0.2, 0.25) is 10.0 Å². The highest BCUT2D eigenvalue weighted by atomic mass is 35.5. The molecule has 0 aliphatic heterocycles. The monoisotopic (exact) mass is 358 g/mol. The Labute approximate surface area is 140 Å². The van der Waals surface area contributed by atoms with Crippen LogP contribution in [0.5, 0.6) is 11.5 Å². The molecule has 22 heavy (non-hydrogen) atoms. The van der Waals surface area contributed by atoms with E-state index in [2.05, 4.69) is 0 Å². The molecule has 0 amide bonds. The zero-order chi connectivity index (χ0) is 16.4. The molecule has 2 aromatic carbocycles. The third-order valence-electron chi connectivity index (χ3n) is 2.90. The topological polar surface area (TPSA) is 35.5 Å². The number of hydrogen-bond donors (Lipinski definition) is 0. The lowest BCUT2D eigenvalue weighted by atomic mass is 10.3. The fraction of sp³-hybridized carbons (Fsp3) is 0.250. The van der Waals surface area contributed by atoms with Crippen LogP contribution in [0.25, 0.3) is 0 Å². The smallest absolute Gasteiger partial charge is 0.416 e. The zero-order valence-corrected chi connectivity index (χ0v) is 15.0. The lowest BCUT2D eigenvalue weighted by molar-refractivity contribution is 0.356. The predicted molar refractivity (Wildman–Crippen MR) is 91.5 cm³/mol. The largest absolute Gasteiger partial charge is 0.435 e. The Morgan fingerprint density at radius 2 is 1.09 bits per heavy atom. The third kappa shape index (κ3) is 4.19. The minimum atomic E-state index is -3.46. The van der Waals surface area contributed by atoms with Crippen molar-refractivity contribution in [3.05, 3.63) is 58.6 Å². The number of rotatable bonds is 4. The maximum atomic E-state index is 13.2. The van der Waals surface area contributed by atoms with Gasteiger partial charge < -0.3 is 9.05 Å². The average Bonchev–Trinajstić information content (AvgIpc) is 2.43. The molecule has 0 saturated carbocycles. The van der Waals surface area contributed by atoms with E-state index >= 15 is 0 Å². The van der Waals surface area contributed by atoms with E-state index in [4.69, 9.17) is 32.2 Å². The summed E-state index contributed by atoms with van der Waals surface area (Å²) in [5.74, 6) is 0.883. The van der Waals surface area contributed by atoms with E-state index in [9.17, 15) is 4.57 Å². The van der Waals surface area contributed by atoms with Crippen LogP contribution in [-0.2, 0) is 4.57 Å². The molecule has 0 radical (unpaired) electrons. The minimum Gasteiger partial charge on any atom is -0.416 e. The van der Waals surface area contributed by atoms with Crippen LogP contribution in [0.15, 0.2) is 48.5 Å². The van der Waals surface area contributed by atoms with Crippen molar-refractivity contribution in [3.8, 4) is 11.5 Å². The molecule has 0 aliphatic carbocycles. The SMILES string of the molecule is CC(C)(C)P(=O)(Oc1ccc(Cl)cc1)Oc1ccc(Cl)cc1. The molecule has 6 heteroatoms. The first-order chi connectivity index (χ1) is 10.2. The van der Waals surface area contributed by atoms with Crippen molar-refractivity contribution in [2.24, 2.45) is 0 Å². The summed E-state index contributed by atoms with van der Waals surface area (Å²) in [5, 5.41) is 0.458. The van der Waals surface area contributed by atoms with Gasteiger partial charge in [0.15, 0.2) is 0 Å². The molecule has 0 bridgehead atoms. The molecule has 0 aliphatic rings. The van der Waals surface area contributed by atoms with Gasteiger partial charge in [-0.25, -0.2) is 4.57 Å². The van der Waals surface area contributed by atoms with Gasteiger partial charge in [0.05, 0.1) is 5.16 Å². The van der Waals surface area contributed by atoms with Crippen molar-refractivity contribution in [1.29, 1.82) is 0 Å². The maximum absolute atomic E-state index is 13.2. The van der Waals surface area contributed by atoms with Crippen LogP contribution >= 0.6 is 30.8 Å². The van der Waals surface area contributed by atoms with Gasteiger partial charge in [-0.05, 0) is 69.3 Å². The summed E-state index contributed by atoms with van der Waals surface area (Å²) in [6, 6.07) is 13.3. The fourth-order valence-electron chi connectivity index (χ4n) is 1.56. The minimum absolute atomic E-state index is 0.441. The van der Waals surface area contributed by atoms with Gasteiger partial charge in [0.2, 0.25) is 0 Å². The predicted octanol–water partition coefficient (Wildman–Crippen LogP) is 6.44. The van der Waals surface area contributed by atoms with Crippen LogP contribution in [0, 0.1) is 0 Å². The van der Waals surface area contributed by atoms with Crippen LogP contribution in [0.1, 0.15) is 20.8 Å². The Kier molecular flexibility index (Phi) is 5.11. The highest BCUT2D eigenvalue weighted by molar-refractivity contribution is 7.56. The summed E-state index contributed by atoms with van der Waals surface area (Å²) in [7, 11) is -3.46. The quantitative estimate of drug-likeness (QED) is 0.589. The Bertz CT molecular complexity index is 625. The summed E-state index contributed by atoms with van der Waals surface area (Å²) >= 11 is 11.7. The van der Waals surface area contributed by atoms with Crippen molar-refractivity contribution in [1.82, 2.24) is 0 Å². The maximum Gasteiger partial charge on any atom is 0.435 e. The van der Waals surface area contributed by atoms with Gasteiger partial charge in [-0.1, -0.05) is 23.2 Å². The lowest BCUT2D eigenvalue weighted by Gasteiger charge is -2.30. The molecule has 0 fully saturated rings. The van der Waals surface area contributed by atoms with Gasteiger partial charge in [-0.3, -0.25) is 0 Å². The molecule has 2 rings (SSSR count). The van der Waals surface area contributed by atoms with E-state index in [0.29, 0.717) is 21.5 Å². The van der Waals surface area contributed by atoms with E-state index in [-0.39, 0.29) is 0 Å². The average molecular weight is 359 g/mol. The van der Waals surface area contributed by atoms with Crippen LogP contribution in [0.3, 0.4) is 0 Å². The van der Waals surface area contributed by atoms with Crippen molar-refractivity contribution in [2.75, 3.05) is 0 Å². The number of halogens is 2. The molecular formula is C16H17Cl2O3P. The molecule has 0 unspecified atom stereocenters. The molecule has 0 N–H and O–H groups in total. The molecule has 0 heterocycles. The summed E-state index contributed by atoms with van der Waals surface area (Å²) in [6.07, 6.45) is 0. The van der Waals surface area contributed by atoms with E-state index in [1.165, 1.54) is 0 Å². The zero-order valence-electron chi connectivity index (χ0n) is 12.5. The molecule has 0 spiro atoms. The number of hydrogen-bond acceptors (Lipinski definition) is 3. The standard InChI is InChI=1S/C16H17Cl2O3P/c1-16(2,3)22(19,20-14-8-4-12(17)5-9-14)21-15-10-6-13(18)7-11-15/h4-11H,1-3H3. The highest BCUT2D eigenvalue weighted by Crippen LogP contribution is 2.58. The van der Waals surface area contributed by atoms with E-state index in [1.807, 2.05) is 0 Å².